The van der Waals surface area contributed by atoms with Crippen molar-refractivity contribution in [3.8, 4) is 0 Å². The molecule has 0 saturated carbocycles. The maximum Gasteiger partial charge on any atom is 0.190 e. The Balaban J connectivity index is 2.02. The first kappa shape index (κ1) is 23.4. The van der Waals surface area contributed by atoms with Gasteiger partial charge in [0.25, 0.3) is 0 Å². The van der Waals surface area contributed by atoms with Gasteiger partial charge in [0, 0.05) is 33.4 Å². The Kier molecular flexibility index (Phi) is 13.4. The fourth-order valence-electron chi connectivity index (χ4n) is 2.85. The lowest BCUT2D eigenvalue weighted by Gasteiger charge is -2.21. The topological polar surface area (TPSA) is 54.9 Å². The monoisotopic (exact) mass is 377 g/mol. The number of unbranched alkanes of at least 4 members (excludes halogenated alkanes) is 1. The lowest BCUT2D eigenvalue weighted by molar-refractivity contribution is 0.0258. The first-order valence-electron chi connectivity index (χ1n) is 10.3. The van der Waals surface area contributed by atoms with Crippen LogP contribution >= 0.6 is 0 Å². The van der Waals surface area contributed by atoms with E-state index in [2.05, 4.69) is 60.7 Å². The number of ether oxygens (including phenoxy) is 2. The quantitative estimate of drug-likeness (QED) is 0.295. The van der Waals surface area contributed by atoms with E-state index in [9.17, 15) is 0 Å². The summed E-state index contributed by atoms with van der Waals surface area (Å²) in [4.78, 5) is 4.28. The van der Waals surface area contributed by atoms with E-state index in [-0.39, 0.29) is 0 Å². The van der Waals surface area contributed by atoms with Gasteiger partial charge in [-0.2, -0.15) is 0 Å². The third-order valence-corrected chi connectivity index (χ3v) is 4.46. The molecule has 0 fully saturated rings. The largest absolute Gasteiger partial charge is 0.381 e. The maximum atomic E-state index is 5.78. The number of rotatable bonds is 14. The summed E-state index contributed by atoms with van der Waals surface area (Å²) in [5.74, 6) is 1.39. The predicted octanol–water partition coefficient (Wildman–Crippen LogP) is 3.64. The molecule has 0 saturated heterocycles. The second kappa shape index (κ2) is 15.5. The van der Waals surface area contributed by atoms with Crippen molar-refractivity contribution in [2.75, 3.05) is 40.0 Å². The lowest BCUT2D eigenvalue weighted by Crippen LogP contribution is -2.39. The van der Waals surface area contributed by atoms with Gasteiger partial charge in [-0.05, 0) is 44.1 Å². The molecule has 5 nitrogen and oxygen atoms in total. The van der Waals surface area contributed by atoms with Crippen LogP contribution in [0.25, 0.3) is 0 Å². The highest BCUT2D eigenvalue weighted by atomic mass is 16.5. The fraction of sp³-hybridized carbons (Fsp3) is 0.682. The van der Waals surface area contributed by atoms with E-state index in [1.165, 1.54) is 5.56 Å². The Morgan fingerprint density at radius 3 is 2.44 bits per heavy atom. The van der Waals surface area contributed by atoms with Gasteiger partial charge >= 0.3 is 0 Å². The molecule has 0 radical (unpaired) electrons. The summed E-state index contributed by atoms with van der Waals surface area (Å²) in [5, 5.41) is 6.73. The Morgan fingerprint density at radius 1 is 1.04 bits per heavy atom. The van der Waals surface area contributed by atoms with Crippen LogP contribution in [-0.4, -0.2) is 52.0 Å². The van der Waals surface area contributed by atoms with Crippen LogP contribution in [-0.2, 0) is 15.9 Å². The Labute approximate surface area is 165 Å². The second-order valence-corrected chi connectivity index (χ2v) is 7.01. The van der Waals surface area contributed by atoms with Crippen LogP contribution in [0, 0.1) is 5.92 Å². The van der Waals surface area contributed by atoms with Crippen LogP contribution in [0.4, 0.5) is 0 Å². The molecule has 0 heterocycles. The van der Waals surface area contributed by atoms with Crippen molar-refractivity contribution in [2.24, 2.45) is 10.9 Å². The average molecular weight is 378 g/mol. The molecule has 0 bridgehead atoms. The summed E-state index contributed by atoms with van der Waals surface area (Å²) >= 11 is 0. The molecule has 154 valence electrons. The minimum atomic E-state index is 0.300. The van der Waals surface area contributed by atoms with E-state index in [4.69, 9.17) is 9.47 Å². The second-order valence-electron chi connectivity index (χ2n) is 7.01. The van der Waals surface area contributed by atoms with Gasteiger partial charge in [-0.3, -0.25) is 4.99 Å². The van der Waals surface area contributed by atoms with Gasteiger partial charge in [0.05, 0.1) is 12.7 Å². The highest BCUT2D eigenvalue weighted by Crippen LogP contribution is 2.09. The fourth-order valence-corrected chi connectivity index (χ4v) is 2.85. The zero-order valence-electron chi connectivity index (χ0n) is 17.7. The molecule has 1 aromatic rings. The van der Waals surface area contributed by atoms with Crippen molar-refractivity contribution >= 4 is 5.96 Å². The molecule has 1 unspecified atom stereocenters. The van der Waals surface area contributed by atoms with Crippen LogP contribution in [0.2, 0.25) is 0 Å². The Hall–Kier alpha value is -1.59. The summed E-state index contributed by atoms with van der Waals surface area (Å²) in [6, 6.07) is 10.5. The number of guanidine groups is 1. The smallest absolute Gasteiger partial charge is 0.190 e. The SMILES string of the molecule is CCOC(CCNC(=NC)NCCCCOCCc1ccccc1)C(C)C. The molecule has 5 heteroatoms. The number of benzene rings is 1. The van der Waals surface area contributed by atoms with Gasteiger partial charge in [0.15, 0.2) is 5.96 Å². The molecule has 1 atom stereocenters. The summed E-state index contributed by atoms with van der Waals surface area (Å²) in [7, 11) is 1.81. The molecule has 0 amide bonds. The van der Waals surface area contributed by atoms with E-state index in [0.29, 0.717) is 12.0 Å². The lowest BCUT2D eigenvalue weighted by atomic mass is 10.0. The summed E-state index contributed by atoms with van der Waals surface area (Å²) in [6.45, 7) is 10.6. The van der Waals surface area contributed by atoms with Crippen molar-refractivity contribution in [1.82, 2.24) is 10.6 Å². The van der Waals surface area contributed by atoms with Gasteiger partial charge in [-0.25, -0.2) is 0 Å². The molecule has 1 aromatic carbocycles. The summed E-state index contributed by atoms with van der Waals surface area (Å²) in [5.41, 5.74) is 1.33. The van der Waals surface area contributed by atoms with Crippen LogP contribution in [0.3, 0.4) is 0 Å². The van der Waals surface area contributed by atoms with Gasteiger partial charge < -0.3 is 20.1 Å². The predicted molar refractivity (Wildman–Crippen MR) is 114 cm³/mol. The molecular formula is C22H39N3O2. The highest BCUT2D eigenvalue weighted by Gasteiger charge is 2.12. The minimum absolute atomic E-state index is 0.300. The molecular weight excluding hydrogens is 338 g/mol. The molecule has 27 heavy (non-hydrogen) atoms. The summed E-state index contributed by atoms with van der Waals surface area (Å²) < 4.78 is 11.5. The van der Waals surface area contributed by atoms with Crippen LogP contribution in [0.5, 0.6) is 0 Å². The van der Waals surface area contributed by atoms with Crippen molar-refractivity contribution in [1.29, 1.82) is 0 Å². The van der Waals surface area contributed by atoms with Gasteiger partial charge in [-0.15, -0.1) is 0 Å². The maximum absolute atomic E-state index is 5.78. The van der Waals surface area contributed by atoms with Crippen molar-refractivity contribution < 1.29 is 9.47 Å². The number of hydrogen-bond acceptors (Lipinski definition) is 3. The van der Waals surface area contributed by atoms with E-state index in [1.807, 2.05) is 13.1 Å². The van der Waals surface area contributed by atoms with Crippen molar-refractivity contribution in [3.05, 3.63) is 35.9 Å². The zero-order valence-corrected chi connectivity index (χ0v) is 17.7. The molecule has 2 N–H and O–H groups in total. The third kappa shape index (κ3) is 11.7. The standard InChI is InChI=1S/C22H39N3O2/c1-5-27-21(19(2)3)13-16-25-22(23-4)24-15-9-10-17-26-18-14-20-11-7-6-8-12-20/h6-8,11-12,19,21H,5,9-10,13-18H2,1-4H3,(H2,23,24,25). The summed E-state index contributed by atoms with van der Waals surface area (Å²) in [6.07, 6.45) is 4.39. The van der Waals surface area contributed by atoms with Crippen molar-refractivity contribution in [3.63, 3.8) is 0 Å². The first-order valence-corrected chi connectivity index (χ1v) is 10.3. The molecule has 0 spiro atoms. The third-order valence-electron chi connectivity index (χ3n) is 4.46. The molecule has 1 rings (SSSR count). The Morgan fingerprint density at radius 2 is 1.78 bits per heavy atom. The van der Waals surface area contributed by atoms with Gasteiger partial charge in [-0.1, -0.05) is 44.2 Å². The van der Waals surface area contributed by atoms with E-state index < -0.39 is 0 Å². The average Bonchev–Trinajstić information content (AvgIpc) is 2.68. The number of aliphatic imine (C=N–C) groups is 1. The van der Waals surface area contributed by atoms with Gasteiger partial charge in [0.2, 0.25) is 0 Å². The number of nitrogens with one attached hydrogen (secondary N) is 2. The normalized spacial score (nSPS) is 13.0. The number of hydrogen-bond donors (Lipinski definition) is 2. The van der Waals surface area contributed by atoms with E-state index in [1.54, 1.807) is 0 Å². The van der Waals surface area contributed by atoms with E-state index >= 15 is 0 Å². The molecule has 0 aliphatic rings. The van der Waals surface area contributed by atoms with Gasteiger partial charge in [0.1, 0.15) is 0 Å². The highest BCUT2D eigenvalue weighted by molar-refractivity contribution is 5.79. The van der Waals surface area contributed by atoms with Crippen LogP contribution in [0.15, 0.2) is 35.3 Å². The molecule has 0 aromatic heterocycles. The zero-order chi connectivity index (χ0) is 19.7. The van der Waals surface area contributed by atoms with Crippen molar-refractivity contribution in [2.45, 2.75) is 52.6 Å². The van der Waals surface area contributed by atoms with Crippen LogP contribution < -0.4 is 10.6 Å². The first-order chi connectivity index (χ1) is 13.2. The molecule has 0 aliphatic carbocycles. The van der Waals surface area contributed by atoms with E-state index in [0.717, 1.165) is 64.6 Å². The Bertz CT molecular complexity index is 492. The number of nitrogens with zero attached hydrogens (tertiary/aromatic N) is 1. The minimum Gasteiger partial charge on any atom is -0.381 e. The van der Waals surface area contributed by atoms with Crippen LogP contribution in [0.1, 0.15) is 45.6 Å². The molecule has 0 aliphatic heterocycles.